The van der Waals surface area contributed by atoms with Gasteiger partial charge in [0, 0.05) is 12.7 Å². The molecule has 20 heavy (non-hydrogen) atoms. The summed E-state index contributed by atoms with van der Waals surface area (Å²) in [4.78, 5) is 4.47. The molecule has 6 nitrogen and oxygen atoms in total. The summed E-state index contributed by atoms with van der Waals surface area (Å²) in [5, 5.41) is 8.51. The minimum absolute atomic E-state index is 0.402. The zero-order chi connectivity index (χ0) is 14.3. The molecule has 3 rings (SSSR count). The van der Waals surface area contributed by atoms with E-state index < -0.39 is 5.54 Å². The van der Waals surface area contributed by atoms with Crippen molar-refractivity contribution in [2.24, 2.45) is 12.8 Å². The van der Waals surface area contributed by atoms with E-state index in [1.54, 1.807) is 0 Å². The van der Waals surface area contributed by atoms with Gasteiger partial charge in [-0.05, 0) is 24.8 Å². The van der Waals surface area contributed by atoms with Gasteiger partial charge in [0.1, 0.15) is 0 Å². The first-order valence-electron chi connectivity index (χ1n) is 7.17. The third-order valence-corrected chi connectivity index (χ3v) is 4.09. The average molecular weight is 275 g/mol. The van der Waals surface area contributed by atoms with Gasteiger partial charge in [0.25, 0.3) is 5.89 Å². The first kappa shape index (κ1) is 13.3. The second-order valence-corrected chi connectivity index (χ2v) is 6.02. The maximum absolute atomic E-state index is 6.34. The van der Waals surface area contributed by atoms with Crippen LogP contribution in [0.3, 0.4) is 0 Å². The molecule has 6 heteroatoms. The second kappa shape index (κ2) is 4.70. The van der Waals surface area contributed by atoms with Crippen LogP contribution < -0.4 is 5.73 Å². The lowest BCUT2D eigenvalue weighted by Gasteiger charge is -2.17. The number of nitrogens with zero attached hydrogens (tertiary/aromatic N) is 4. The zero-order valence-corrected chi connectivity index (χ0v) is 12.3. The minimum Gasteiger partial charge on any atom is -0.332 e. The van der Waals surface area contributed by atoms with Crippen LogP contribution in [-0.4, -0.2) is 19.9 Å². The molecule has 0 radical (unpaired) electrons. The van der Waals surface area contributed by atoms with Gasteiger partial charge in [-0.3, -0.25) is 4.68 Å². The summed E-state index contributed by atoms with van der Waals surface area (Å²) < 4.78 is 7.22. The van der Waals surface area contributed by atoms with E-state index in [0.29, 0.717) is 17.6 Å². The molecule has 108 valence electrons. The molecule has 0 aromatic carbocycles. The quantitative estimate of drug-likeness (QED) is 0.929. The Morgan fingerprint density at radius 1 is 1.35 bits per heavy atom. The third kappa shape index (κ3) is 2.14. The SMILES string of the molecule is CC(C)c1cc(-c2nc(C3(N)CCCC3)no2)nn1C. The van der Waals surface area contributed by atoms with Crippen LogP contribution >= 0.6 is 0 Å². The molecule has 0 bridgehead atoms. The molecule has 2 heterocycles. The van der Waals surface area contributed by atoms with Crippen LogP contribution in [0.5, 0.6) is 0 Å². The summed E-state index contributed by atoms with van der Waals surface area (Å²) in [5.41, 5.74) is 7.79. The Hall–Kier alpha value is -1.69. The van der Waals surface area contributed by atoms with Crippen LogP contribution in [0.4, 0.5) is 0 Å². The Bertz CT molecular complexity index is 607. The first-order valence-corrected chi connectivity index (χ1v) is 7.17. The van der Waals surface area contributed by atoms with Gasteiger partial charge in [0.2, 0.25) is 0 Å². The predicted octanol–water partition coefficient (Wildman–Crippen LogP) is 2.32. The van der Waals surface area contributed by atoms with E-state index in [2.05, 4.69) is 29.1 Å². The summed E-state index contributed by atoms with van der Waals surface area (Å²) in [5.74, 6) is 1.47. The molecule has 1 aliphatic rings. The summed E-state index contributed by atoms with van der Waals surface area (Å²) in [7, 11) is 1.93. The van der Waals surface area contributed by atoms with Crippen molar-refractivity contribution in [3.8, 4) is 11.6 Å². The highest BCUT2D eigenvalue weighted by Crippen LogP contribution is 2.35. The summed E-state index contributed by atoms with van der Waals surface area (Å²) in [6.07, 6.45) is 4.10. The summed E-state index contributed by atoms with van der Waals surface area (Å²) in [6.45, 7) is 4.26. The highest BCUT2D eigenvalue weighted by Gasteiger charge is 2.36. The third-order valence-electron chi connectivity index (χ3n) is 4.09. The Morgan fingerprint density at radius 3 is 2.65 bits per heavy atom. The molecule has 1 aliphatic carbocycles. The molecule has 0 amide bonds. The fraction of sp³-hybridized carbons (Fsp3) is 0.643. The molecule has 2 aromatic rings. The highest BCUT2D eigenvalue weighted by molar-refractivity contribution is 5.47. The molecule has 2 aromatic heterocycles. The van der Waals surface area contributed by atoms with Crippen molar-refractivity contribution in [2.75, 3.05) is 0 Å². The molecule has 0 saturated heterocycles. The smallest absolute Gasteiger partial charge is 0.278 e. The van der Waals surface area contributed by atoms with Crippen LogP contribution in [0.25, 0.3) is 11.6 Å². The Kier molecular flexibility index (Phi) is 3.12. The number of nitrogens with two attached hydrogens (primary N) is 1. The molecule has 2 N–H and O–H groups in total. The van der Waals surface area contributed by atoms with Gasteiger partial charge in [0.15, 0.2) is 11.5 Å². The van der Waals surface area contributed by atoms with E-state index >= 15 is 0 Å². The Morgan fingerprint density at radius 2 is 2.05 bits per heavy atom. The highest BCUT2D eigenvalue weighted by atomic mass is 16.5. The summed E-state index contributed by atoms with van der Waals surface area (Å²) in [6, 6.07) is 2.00. The van der Waals surface area contributed by atoms with Crippen LogP contribution in [-0.2, 0) is 12.6 Å². The molecule has 0 unspecified atom stereocenters. The van der Waals surface area contributed by atoms with E-state index in [1.807, 2.05) is 17.8 Å². The number of hydrogen-bond donors (Lipinski definition) is 1. The molecule has 1 saturated carbocycles. The van der Waals surface area contributed by atoms with Gasteiger partial charge in [-0.1, -0.05) is 31.8 Å². The fourth-order valence-electron chi connectivity index (χ4n) is 2.89. The van der Waals surface area contributed by atoms with Gasteiger partial charge in [-0.25, -0.2) is 0 Å². The van der Waals surface area contributed by atoms with E-state index in [1.165, 1.54) is 0 Å². The lowest BCUT2D eigenvalue weighted by molar-refractivity contribution is 0.372. The van der Waals surface area contributed by atoms with Crippen LogP contribution in [0, 0.1) is 0 Å². The van der Waals surface area contributed by atoms with Crippen molar-refractivity contribution in [3.05, 3.63) is 17.6 Å². The molecular weight excluding hydrogens is 254 g/mol. The van der Waals surface area contributed by atoms with Crippen LogP contribution in [0.2, 0.25) is 0 Å². The van der Waals surface area contributed by atoms with Crippen molar-refractivity contribution in [1.82, 2.24) is 19.9 Å². The van der Waals surface area contributed by atoms with Crippen molar-refractivity contribution in [3.63, 3.8) is 0 Å². The van der Waals surface area contributed by atoms with E-state index in [-0.39, 0.29) is 0 Å². The average Bonchev–Trinajstić information content (AvgIpc) is 3.07. The Labute approximate surface area is 118 Å². The van der Waals surface area contributed by atoms with E-state index in [9.17, 15) is 0 Å². The predicted molar refractivity (Wildman–Crippen MR) is 74.9 cm³/mol. The number of hydrogen-bond acceptors (Lipinski definition) is 5. The van der Waals surface area contributed by atoms with Crippen molar-refractivity contribution in [1.29, 1.82) is 0 Å². The topological polar surface area (TPSA) is 82.8 Å². The zero-order valence-electron chi connectivity index (χ0n) is 12.3. The van der Waals surface area contributed by atoms with Crippen LogP contribution in [0.1, 0.15) is 57.0 Å². The van der Waals surface area contributed by atoms with Crippen molar-refractivity contribution >= 4 is 0 Å². The molecular formula is C14H21N5O. The number of rotatable bonds is 3. The fourth-order valence-corrected chi connectivity index (χ4v) is 2.89. The first-order chi connectivity index (χ1) is 9.49. The maximum Gasteiger partial charge on any atom is 0.278 e. The molecule has 0 aliphatic heterocycles. The minimum atomic E-state index is -0.419. The number of aromatic nitrogens is 4. The van der Waals surface area contributed by atoms with E-state index in [0.717, 1.165) is 37.1 Å². The Balaban J connectivity index is 1.92. The van der Waals surface area contributed by atoms with Gasteiger partial charge in [0.05, 0.1) is 5.54 Å². The molecule has 0 atom stereocenters. The normalized spacial score (nSPS) is 18.1. The largest absolute Gasteiger partial charge is 0.332 e. The standard InChI is InChI=1S/C14H21N5O/c1-9(2)11-8-10(17-19(11)3)12-16-13(18-20-12)14(15)6-4-5-7-14/h8-9H,4-7,15H2,1-3H3. The molecule has 0 spiro atoms. The summed E-state index contributed by atoms with van der Waals surface area (Å²) >= 11 is 0. The second-order valence-electron chi connectivity index (χ2n) is 6.02. The van der Waals surface area contributed by atoms with Crippen molar-refractivity contribution < 1.29 is 4.52 Å². The molecule has 1 fully saturated rings. The van der Waals surface area contributed by atoms with Gasteiger partial charge >= 0.3 is 0 Å². The monoisotopic (exact) mass is 275 g/mol. The van der Waals surface area contributed by atoms with Gasteiger partial charge in [-0.2, -0.15) is 10.1 Å². The lowest BCUT2D eigenvalue weighted by atomic mass is 9.99. The lowest BCUT2D eigenvalue weighted by Crippen LogP contribution is -2.34. The van der Waals surface area contributed by atoms with Crippen molar-refractivity contribution in [2.45, 2.75) is 51.0 Å². The van der Waals surface area contributed by atoms with Crippen LogP contribution in [0.15, 0.2) is 10.6 Å². The maximum atomic E-state index is 6.34. The van der Waals surface area contributed by atoms with E-state index in [4.69, 9.17) is 10.3 Å². The number of aryl methyl sites for hydroxylation is 1. The van der Waals surface area contributed by atoms with Gasteiger partial charge in [-0.15, -0.1) is 0 Å². The van der Waals surface area contributed by atoms with Gasteiger partial charge < -0.3 is 10.3 Å².